The molecule has 30 heavy (non-hydrogen) atoms. The molecule has 0 amide bonds. The van der Waals surface area contributed by atoms with Gasteiger partial charge >= 0.3 is 0 Å². The van der Waals surface area contributed by atoms with Gasteiger partial charge in [0.1, 0.15) is 6.07 Å². The first-order chi connectivity index (χ1) is 14.5. The molecular formula is C22H28N4O3S. The highest BCUT2D eigenvalue weighted by molar-refractivity contribution is 7.89. The second-order valence-corrected chi connectivity index (χ2v) is 10.2. The Labute approximate surface area is 178 Å². The highest BCUT2D eigenvalue weighted by atomic mass is 32.2. The van der Waals surface area contributed by atoms with Crippen LogP contribution in [0.1, 0.15) is 51.1 Å². The zero-order chi connectivity index (χ0) is 21.1. The van der Waals surface area contributed by atoms with Crippen LogP contribution < -0.4 is 4.90 Å². The molecule has 1 aromatic heterocycles. The Kier molecular flexibility index (Phi) is 6.11. The zero-order valence-electron chi connectivity index (χ0n) is 17.4. The van der Waals surface area contributed by atoms with Gasteiger partial charge in [-0.15, -0.1) is 0 Å². The van der Waals surface area contributed by atoms with E-state index in [4.69, 9.17) is 4.42 Å². The van der Waals surface area contributed by atoms with Crippen molar-refractivity contribution in [2.75, 3.05) is 31.1 Å². The molecule has 2 aliphatic heterocycles. The van der Waals surface area contributed by atoms with E-state index >= 15 is 0 Å². The molecule has 0 atom stereocenters. The second-order valence-electron chi connectivity index (χ2n) is 8.30. The van der Waals surface area contributed by atoms with Gasteiger partial charge in [-0.25, -0.2) is 8.42 Å². The van der Waals surface area contributed by atoms with Crippen LogP contribution in [0.5, 0.6) is 0 Å². The molecule has 7 nitrogen and oxygen atoms in total. The van der Waals surface area contributed by atoms with E-state index in [9.17, 15) is 13.7 Å². The molecule has 0 spiro atoms. The molecule has 4 rings (SSSR count). The van der Waals surface area contributed by atoms with Crippen molar-refractivity contribution in [3.05, 3.63) is 30.0 Å². The van der Waals surface area contributed by atoms with Gasteiger partial charge in [-0.05, 0) is 55.9 Å². The number of anilines is 1. The third-order valence-electron chi connectivity index (χ3n) is 6.09. The van der Waals surface area contributed by atoms with E-state index in [1.54, 1.807) is 28.6 Å². The smallest absolute Gasteiger partial charge is 0.243 e. The van der Waals surface area contributed by atoms with Gasteiger partial charge < -0.3 is 9.32 Å². The first-order valence-corrected chi connectivity index (χ1v) is 12.2. The summed E-state index contributed by atoms with van der Waals surface area (Å²) in [6.45, 7) is 5.00. The fourth-order valence-electron chi connectivity index (χ4n) is 4.14. The summed E-state index contributed by atoms with van der Waals surface area (Å²) in [4.78, 5) is 6.74. The molecule has 0 radical (unpaired) electrons. The minimum Gasteiger partial charge on any atom is -0.419 e. The fraction of sp³-hybridized carbons (Fsp3) is 0.545. The molecule has 2 aliphatic rings. The Bertz CT molecular complexity index is 1010. The number of nitrogens with zero attached hydrogens (tertiary/aromatic N) is 4. The second kappa shape index (κ2) is 8.78. The average molecular weight is 429 g/mol. The number of oxazole rings is 1. The van der Waals surface area contributed by atoms with Crippen molar-refractivity contribution in [1.82, 2.24) is 9.29 Å². The molecule has 160 valence electrons. The van der Waals surface area contributed by atoms with E-state index in [2.05, 4.69) is 22.9 Å². The maximum atomic E-state index is 12.9. The largest absolute Gasteiger partial charge is 0.419 e. The maximum Gasteiger partial charge on any atom is 0.243 e. The van der Waals surface area contributed by atoms with Crippen LogP contribution in [-0.4, -0.2) is 43.9 Å². The Hall–Kier alpha value is -2.37. The van der Waals surface area contributed by atoms with Crippen LogP contribution in [0.2, 0.25) is 0 Å². The fourth-order valence-corrected chi connectivity index (χ4v) is 5.61. The van der Waals surface area contributed by atoms with Crippen LogP contribution >= 0.6 is 0 Å². The molecule has 2 fully saturated rings. The van der Waals surface area contributed by atoms with E-state index in [1.807, 2.05) is 0 Å². The molecule has 2 aromatic rings. The van der Waals surface area contributed by atoms with Crippen molar-refractivity contribution in [2.24, 2.45) is 5.92 Å². The topological polar surface area (TPSA) is 90.4 Å². The van der Waals surface area contributed by atoms with Gasteiger partial charge in [-0.1, -0.05) is 19.8 Å². The third kappa shape index (κ3) is 4.23. The number of benzene rings is 1. The number of piperidine rings is 1. The van der Waals surface area contributed by atoms with Gasteiger partial charge in [-0.3, -0.25) is 0 Å². The number of nitriles is 1. The molecule has 0 N–H and O–H groups in total. The first kappa shape index (κ1) is 20.9. The molecule has 0 saturated carbocycles. The normalized spacial score (nSPS) is 19.4. The maximum absolute atomic E-state index is 12.9. The standard InChI is InChI=1S/C22H28N4O3S/c1-17-10-14-26(15-11-17)30(27,28)19-8-6-18(7-9-19)21-24-20(16-23)22(29-21)25-12-4-2-3-5-13-25/h6-9,17H,2-5,10-15H2,1H3. The lowest BCUT2D eigenvalue weighted by atomic mass is 10.0. The predicted molar refractivity (Wildman–Crippen MR) is 114 cm³/mol. The van der Waals surface area contributed by atoms with Gasteiger partial charge in [0.25, 0.3) is 0 Å². The molecule has 2 saturated heterocycles. The molecular weight excluding hydrogens is 400 g/mol. The summed E-state index contributed by atoms with van der Waals surface area (Å²) < 4.78 is 33.4. The van der Waals surface area contributed by atoms with Crippen molar-refractivity contribution < 1.29 is 12.8 Å². The Morgan fingerprint density at radius 3 is 2.27 bits per heavy atom. The lowest BCUT2D eigenvalue weighted by Crippen LogP contribution is -2.37. The summed E-state index contributed by atoms with van der Waals surface area (Å²) in [5.41, 5.74) is 0.949. The Morgan fingerprint density at radius 1 is 1.03 bits per heavy atom. The molecule has 8 heteroatoms. The molecule has 0 aliphatic carbocycles. The minimum absolute atomic E-state index is 0.278. The molecule has 0 bridgehead atoms. The van der Waals surface area contributed by atoms with Crippen molar-refractivity contribution >= 4 is 15.9 Å². The van der Waals surface area contributed by atoms with Crippen molar-refractivity contribution in [3.8, 4) is 17.5 Å². The van der Waals surface area contributed by atoms with Gasteiger partial charge in [0.15, 0.2) is 0 Å². The lowest BCUT2D eigenvalue weighted by Gasteiger charge is -2.29. The number of aromatic nitrogens is 1. The summed E-state index contributed by atoms with van der Waals surface area (Å²) in [7, 11) is -3.49. The van der Waals surface area contributed by atoms with E-state index in [0.29, 0.717) is 36.3 Å². The van der Waals surface area contributed by atoms with Crippen molar-refractivity contribution in [2.45, 2.75) is 50.3 Å². The SMILES string of the molecule is CC1CCN(S(=O)(=O)c2ccc(-c3nc(C#N)c(N4CCCCCC4)o3)cc2)CC1. The van der Waals surface area contributed by atoms with Gasteiger partial charge in [0.05, 0.1) is 4.90 Å². The summed E-state index contributed by atoms with van der Waals surface area (Å²) in [6.07, 6.45) is 6.30. The Morgan fingerprint density at radius 2 is 1.67 bits per heavy atom. The van der Waals surface area contributed by atoms with Gasteiger partial charge in [0, 0.05) is 31.7 Å². The van der Waals surface area contributed by atoms with Crippen molar-refractivity contribution in [3.63, 3.8) is 0 Å². The number of hydrogen-bond acceptors (Lipinski definition) is 6. The summed E-state index contributed by atoms with van der Waals surface area (Å²) in [5, 5.41) is 9.51. The predicted octanol–water partition coefficient (Wildman–Crippen LogP) is 4.01. The van der Waals surface area contributed by atoms with Crippen molar-refractivity contribution in [1.29, 1.82) is 5.26 Å². The number of hydrogen-bond donors (Lipinski definition) is 0. The first-order valence-electron chi connectivity index (χ1n) is 10.8. The quantitative estimate of drug-likeness (QED) is 0.731. The van der Waals surface area contributed by atoms with Crippen LogP contribution in [-0.2, 0) is 10.0 Å². The lowest BCUT2D eigenvalue weighted by molar-refractivity contribution is 0.288. The highest BCUT2D eigenvalue weighted by Gasteiger charge is 2.28. The molecule has 1 aromatic carbocycles. The summed E-state index contributed by atoms with van der Waals surface area (Å²) >= 11 is 0. The van der Waals surface area contributed by atoms with E-state index < -0.39 is 10.0 Å². The minimum atomic E-state index is -3.49. The summed E-state index contributed by atoms with van der Waals surface area (Å²) in [5.74, 6) is 1.44. The van der Waals surface area contributed by atoms with Crippen LogP contribution in [0.25, 0.3) is 11.5 Å². The Balaban J connectivity index is 1.56. The van der Waals surface area contributed by atoms with E-state index in [0.717, 1.165) is 38.8 Å². The number of rotatable bonds is 4. The van der Waals surface area contributed by atoms with Crippen LogP contribution in [0, 0.1) is 17.2 Å². The zero-order valence-corrected chi connectivity index (χ0v) is 18.2. The van der Waals surface area contributed by atoms with Gasteiger partial charge in [-0.2, -0.15) is 14.6 Å². The number of sulfonamides is 1. The van der Waals surface area contributed by atoms with E-state index in [-0.39, 0.29) is 10.6 Å². The van der Waals surface area contributed by atoms with Crippen LogP contribution in [0.4, 0.5) is 5.88 Å². The average Bonchev–Trinajstić information content (AvgIpc) is 3.01. The third-order valence-corrected chi connectivity index (χ3v) is 8.00. The summed E-state index contributed by atoms with van der Waals surface area (Å²) in [6, 6.07) is 8.75. The highest BCUT2D eigenvalue weighted by Crippen LogP contribution is 2.31. The van der Waals surface area contributed by atoms with Gasteiger partial charge in [0.2, 0.25) is 27.5 Å². The van der Waals surface area contributed by atoms with Crippen LogP contribution in [0.15, 0.2) is 33.6 Å². The van der Waals surface area contributed by atoms with Crippen LogP contribution in [0.3, 0.4) is 0 Å². The molecule has 3 heterocycles. The van der Waals surface area contributed by atoms with E-state index in [1.165, 1.54) is 12.8 Å². The molecule has 0 unspecified atom stereocenters. The monoisotopic (exact) mass is 428 g/mol.